The Morgan fingerprint density at radius 3 is 2.72 bits per heavy atom. The molecule has 1 aromatic heterocycles. The van der Waals surface area contributed by atoms with Gasteiger partial charge in [0.2, 0.25) is 0 Å². The minimum atomic E-state index is -0.129. The van der Waals surface area contributed by atoms with Gasteiger partial charge in [-0.25, -0.2) is 0 Å². The molecule has 18 heavy (non-hydrogen) atoms. The van der Waals surface area contributed by atoms with Crippen LogP contribution in [0, 0.1) is 0 Å². The number of hydrogen-bond acceptors (Lipinski definition) is 4. The third-order valence-corrected chi connectivity index (χ3v) is 4.24. The smallest absolute Gasteiger partial charge is 0.261 e. The van der Waals surface area contributed by atoms with E-state index < -0.39 is 0 Å². The van der Waals surface area contributed by atoms with Gasteiger partial charge in [0.25, 0.3) is 5.91 Å². The van der Waals surface area contributed by atoms with Gasteiger partial charge >= 0.3 is 0 Å². The molecule has 1 aromatic rings. The highest BCUT2D eigenvalue weighted by atomic mass is 32.1. The first-order chi connectivity index (χ1) is 8.58. The number of Topliss-reactive ketones (excluding diaryl/α,β-unsaturated/α-hetero) is 1. The SMILES string of the molecule is CC(=O)c1ccc(C(=O)N[C@@H](C)[C@H]2CCCO2)s1. The van der Waals surface area contributed by atoms with Crippen LogP contribution in [0.15, 0.2) is 12.1 Å². The molecular formula is C13H17NO3S. The molecule has 1 N–H and O–H groups in total. The number of amides is 1. The van der Waals surface area contributed by atoms with Gasteiger partial charge in [0.05, 0.1) is 21.9 Å². The average Bonchev–Trinajstić information content (AvgIpc) is 3.00. The summed E-state index contributed by atoms with van der Waals surface area (Å²) in [5.41, 5.74) is 0. The summed E-state index contributed by atoms with van der Waals surface area (Å²) < 4.78 is 5.53. The second-order valence-electron chi connectivity index (χ2n) is 4.53. The monoisotopic (exact) mass is 267 g/mol. The van der Waals surface area contributed by atoms with Crippen LogP contribution >= 0.6 is 11.3 Å². The number of carbonyl (C=O) groups excluding carboxylic acids is 2. The first-order valence-electron chi connectivity index (χ1n) is 6.11. The molecule has 2 rings (SSSR count). The van der Waals surface area contributed by atoms with Gasteiger partial charge in [0.1, 0.15) is 0 Å². The van der Waals surface area contributed by atoms with E-state index in [9.17, 15) is 9.59 Å². The fraction of sp³-hybridized carbons (Fsp3) is 0.538. The third-order valence-electron chi connectivity index (χ3n) is 3.06. The summed E-state index contributed by atoms with van der Waals surface area (Å²) in [5.74, 6) is -0.137. The molecule has 0 saturated carbocycles. The lowest BCUT2D eigenvalue weighted by Gasteiger charge is -2.19. The predicted octanol–water partition coefficient (Wildman–Crippen LogP) is 2.25. The quantitative estimate of drug-likeness (QED) is 0.851. The van der Waals surface area contributed by atoms with Crippen LogP contribution in [0.3, 0.4) is 0 Å². The van der Waals surface area contributed by atoms with E-state index in [1.54, 1.807) is 12.1 Å². The fourth-order valence-corrected chi connectivity index (χ4v) is 2.82. The first kappa shape index (κ1) is 13.2. The average molecular weight is 267 g/mol. The molecule has 98 valence electrons. The molecule has 0 bridgehead atoms. The summed E-state index contributed by atoms with van der Waals surface area (Å²) in [6.45, 7) is 4.23. The standard InChI is InChI=1S/C13H17NO3S/c1-8(10-4-3-7-17-10)14-13(16)12-6-5-11(18-12)9(2)15/h5-6,8,10H,3-4,7H2,1-2H3,(H,14,16)/t8-,10+/m0/s1. The van der Waals surface area contributed by atoms with E-state index in [0.717, 1.165) is 19.4 Å². The van der Waals surface area contributed by atoms with Crippen molar-refractivity contribution in [3.63, 3.8) is 0 Å². The van der Waals surface area contributed by atoms with Crippen LogP contribution in [-0.4, -0.2) is 30.4 Å². The molecule has 1 amide bonds. The van der Waals surface area contributed by atoms with E-state index >= 15 is 0 Å². The van der Waals surface area contributed by atoms with E-state index in [1.807, 2.05) is 6.92 Å². The lowest BCUT2D eigenvalue weighted by molar-refractivity contribution is 0.0714. The highest BCUT2D eigenvalue weighted by Gasteiger charge is 2.24. The number of nitrogens with one attached hydrogen (secondary N) is 1. The maximum absolute atomic E-state index is 12.0. The fourth-order valence-electron chi connectivity index (χ4n) is 2.02. The molecule has 0 radical (unpaired) electrons. The number of ketones is 1. The summed E-state index contributed by atoms with van der Waals surface area (Å²) in [6, 6.07) is 3.39. The van der Waals surface area contributed by atoms with Gasteiger partial charge in [-0.3, -0.25) is 9.59 Å². The lowest BCUT2D eigenvalue weighted by Crippen LogP contribution is -2.40. The highest BCUT2D eigenvalue weighted by Crippen LogP contribution is 2.19. The Bertz CT molecular complexity index is 449. The van der Waals surface area contributed by atoms with Crippen LogP contribution in [0.1, 0.15) is 46.0 Å². The molecule has 0 spiro atoms. The molecular weight excluding hydrogens is 250 g/mol. The zero-order valence-electron chi connectivity index (χ0n) is 10.6. The van der Waals surface area contributed by atoms with Crippen molar-refractivity contribution >= 4 is 23.0 Å². The molecule has 1 fully saturated rings. The predicted molar refractivity (Wildman–Crippen MR) is 70.2 cm³/mol. The molecule has 0 unspecified atom stereocenters. The summed E-state index contributed by atoms with van der Waals surface area (Å²) in [4.78, 5) is 24.3. The van der Waals surface area contributed by atoms with Gasteiger partial charge in [-0.2, -0.15) is 0 Å². The van der Waals surface area contributed by atoms with Crippen LogP contribution in [0.4, 0.5) is 0 Å². The molecule has 2 atom stereocenters. The summed E-state index contributed by atoms with van der Waals surface area (Å²) in [6.07, 6.45) is 2.16. The number of carbonyl (C=O) groups is 2. The van der Waals surface area contributed by atoms with Gasteiger partial charge in [-0.05, 0) is 38.8 Å². The van der Waals surface area contributed by atoms with E-state index in [-0.39, 0.29) is 23.8 Å². The van der Waals surface area contributed by atoms with Gasteiger partial charge in [-0.1, -0.05) is 0 Å². The minimum absolute atomic E-state index is 0.00266. The third kappa shape index (κ3) is 2.97. The normalized spacial score (nSPS) is 20.7. The Balaban J connectivity index is 1.95. The van der Waals surface area contributed by atoms with E-state index in [4.69, 9.17) is 4.74 Å². The van der Waals surface area contributed by atoms with Crippen LogP contribution in [0.25, 0.3) is 0 Å². The Hall–Kier alpha value is -1.20. The summed E-state index contributed by atoms with van der Waals surface area (Å²) in [7, 11) is 0. The van der Waals surface area contributed by atoms with E-state index in [1.165, 1.54) is 18.3 Å². The minimum Gasteiger partial charge on any atom is -0.376 e. The summed E-state index contributed by atoms with van der Waals surface area (Å²) in [5, 5.41) is 2.93. The molecule has 1 aliphatic heterocycles. The van der Waals surface area contributed by atoms with Crippen molar-refractivity contribution in [3.8, 4) is 0 Å². The van der Waals surface area contributed by atoms with Gasteiger partial charge in [0, 0.05) is 6.61 Å². The second-order valence-corrected chi connectivity index (χ2v) is 5.62. The van der Waals surface area contributed by atoms with Crippen molar-refractivity contribution in [3.05, 3.63) is 21.9 Å². The highest BCUT2D eigenvalue weighted by molar-refractivity contribution is 7.15. The van der Waals surface area contributed by atoms with Gasteiger partial charge in [-0.15, -0.1) is 11.3 Å². The van der Waals surface area contributed by atoms with Crippen molar-refractivity contribution < 1.29 is 14.3 Å². The number of rotatable bonds is 4. The first-order valence-corrected chi connectivity index (χ1v) is 6.93. The molecule has 1 aliphatic rings. The van der Waals surface area contributed by atoms with Crippen molar-refractivity contribution in [1.82, 2.24) is 5.32 Å². The van der Waals surface area contributed by atoms with E-state index in [0.29, 0.717) is 9.75 Å². The van der Waals surface area contributed by atoms with Crippen molar-refractivity contribution in [2.45, 2.75) is 38.8 Å². The molecule has 4 nitrogen and oxygen atoms in total. The van der Waals surface area contributed by atoms with Crippen LogP contribution < -0.4 is 5.32 Å². The van der Waals surface area contributed by atoms with Gasteiger partial charge in [0.15, 0.2) is 5.78 Å². The van der Waals surface area contributed by atoms with E-state index in [2.05, 4.69) is 5.32 Å². The lowest BCUT2D eigenvalue weighted by atomic mass is 10.1. The topological polar surface area (TPSA) is 55.4 Å². The van der Waals surface area contributed by atoms with Crippen molar-refractivity contribution in [2.24, 2.45) is 0 Å². The van der Waals surface area contributed by atoms with Crippen molar-refractivity contribution in [1.29, 1.82) is 0 Å². The molecule has 2 heterocycles. The maximum Gasteiger partial charge on any atom is 0.261 e. The summed E-state index contributed by atoms with van der Waals surface area (Å²) >= 11 is 1.23. The Kier molecular flexibility index (Phi) is 4.14. The Labute approximate surface area is 110 Å². The molecule has 1 saturated heterocycles. The Morgan fingerprint density at radius 1 is 1.44 bits per heavy atom. The van der Waals surface area contributed by atoms with Crippen LogP contribution in [0.2, 0.25) is 0 Å². The molecule has 0 aromatic carbocycles. The van der Waals surface area contributed by atoms with Gasteiger partial charge < -0.3 is 10.1 Å². The zero-order valence-corrected chi connectivity index (χ0v) is 11.4. The second kappa shape index (κ2) is 5.63. The number of hydrogen-bond donors (Lipinski definition) is 1. The van der Waals surface area contributed by atoms with Crippen LogP contribution in [0.5, 0.6) is 0 Å². The molecule has 0 aliphatic carbocycles. The number of thiophene rings is 1. The van der Waals surface area contributed by atoms with Crippen molar-refractivity contribution in [2.75, 3.05) is 6.61 Å². The number of ether oxygens (including phenoxy) is 1. The van der Waals surface area contributed by atoms with Crippen LogP contribution in [-0.2, 0) is 4.74 Å². The molecule has 5 heteroatoms. The zero-order chi connectivity index (χ0) is 13.1. The Morgan fingerprint density at radius 2 is 2.17 bits per heavy atom. The maximum atomic E-state index is 12.0. The largest absolute Gasteiger partial charge is 0.376 e.